The van der Waals surface area contributed by atoms with Gasteiger partial charge in [0.05, 0.1) is 11.3 Å². The summed E-state index contributed by atoms with van der Waals surface area (Å²) in [7, 11) is 0. The Labute approximate surface area is 123 Å². The van der Waals surface area contributed by atoms with Crippen LogP contribution in [0.3, 0.4) is 0 Å². The lowest BCUT2D eigenvalue weighted by atomic mass is 9.89. The van der Waals surface area contributed by atoms with E-state index in [1.165, 1.54) is 43.6 Å². The first kappa shape index (κ1) is 13.9. The highest BCUT2D eigenvalue weighted by Crippen LogP contribution is 2.35. The average molecular weight is 306 g/mol. The van der Waals surface area contributed by atoms with E-state index in [-0.39, 0.29) is 0 Å². The summed E-state index contributed by atoms with van der Waals surface area (Å²) in [6.07, 6.45) is 7.28. The number of hydrogen-bond donors (Lipinski definition) is 3. The van der Waals surface area contributed by atoms with Gasteiger partial charge in [-0.25, -0.2) is 10.9 Å². The fourth-order valence-corrected chi connectivity index (χ4v) is 6.66. The smallest absolute Gasteiger partial charge is 0.114 e. The molecule has 0 radical (unpaired) electrons. The third-order valence-corrected chi connectivity index (χ3v) is 7.97. The highest BCUT2D eigenvalue weighted by atomic mass is 32.2. The van der Waals surface area contributed by atoms with Crippen LogP contribution in [0.4, 0.5) is 0 Å². The van der Waals surface area contributed by atoms with Gasteiger partial charge in [-0.2, -0.15) is 0 Å². The van der Waals surface area contributed by atoms with Crippen molar-refractivity contribution in [1.82, 2.24) is 16.2 Å². The lowest BCUT2D eigenvalue weighted by Crippen LogP contribution is -2.37. The molecule has 0 amide bonds. The zero-order valence-corrected chi connectivity index (χ0v) is 13.1. The quantitative estimate of drug-likeness (QED) is 0.740. The Morgan fingerprint density at radius 2 is 2.00 bits per heavy atom. The van der Waals surface area contributed by atoms with Crippen molar-refractivity contribution < 1.29 is 0 Å². The first-order valence-electron chi connectivity index (χ1n) is 7.01. The summed E-state index contributed by atoms with van der Waals surface area (Å²) in [5, 5.41) is 4.62. The molecule has 0 spiro atoms. The molecule has 3 rings (SSSR count). The molecule has 6 heteroatoms. The maximum atomic E-state index is 3.87. The van der Waals surface area contributed by atoms with Crippen molar-refractivity contribution in [2.45, 2.75) is 48.2 Å². The molecular weight excluding hydrogens is 282 g/mol. The molecule has 3 N–H and O–H groups in total. The fourth-order valence-electron chi connectivity index (χ4n) is 2.93. The Morgan fingerprint density at radius 3 is 2.78 bits per heavy atom. The third-order valence-electron chi connectivity index (χ3n) is 3.93. The van der Waals surface area contributed by atoms with Crippen molar-refractivity contribution in [3.8, 4) is 0 Å². The van der Waals surface area contributed by atoms with E-state index in [0.717, 1.165) is 23.2 Å². The summed E-state index contributed by atoms with van der Waals surface area (Å²) in [6, 6.07) is 0.718. The van der Waals surface area contributed by atoms with E-state index in [1.54, 1.807) is 0 Å². The molecule has 3 atom stereocenters. The minimum Gasteiger partial charge on any atom is -0.301 e. The van der Waals surface area contributed by atoms with Crippen LogP contribution >= 0.6 is 35.3 Å². The van der Waals surface area contributed by atoms with Crippen LogP contribution in [0.15, 0.2) is 0 Å². The van der Waals surface area contributed by atoms with Gasteiger partial charge in [0.2, 0.25) is 0 Å². The Hall–Kier alpha value is 0.930. The van der Waals surface area contributed by atoms with Gasteiger partial charge in [-0.05, 0) is 18.8 Å². The number of nitrogens with one attached hydrogen (secondary N) is 3. The Balaban J connectivity index is 1.37. The Morgan fingerprint density at radius 1 is 1.11 bits per heavy atom. The van der Waals surface area contributed by atoms with E-state index in [9.17, 15) is 0 Å². The first-order valence-corrected chi connectivity index (χ1v) is 10.2. The van der Waals surface area contributed by atoms with Gasteiger partial charge >= 0.3 is 0 Å². The lowest BCUT2D eigenvalue weighted by molar-refractivity contribution is 0.324. The highest BCUT2D eigenvalue weighted by molar-refractivity contribution is 8.17. The summed E-state index contributed by atoms with van der Waals surface area (Å²) in [5.74, 6) is 4.52. The molecule has 2 aliphatic heterocycles. The molecule has 18 heavy (non-hydrogen) atoms. The van der Waals surface area contributed by atoms with Gasteiger partial charge in [-0.15, -0.1) is 35.3 Å². The van der Waals surface area contributed by atoms with Gasteiger partial charge in [0.1, 0.15) is 4.71 Å². The lowest BCUT2D eigenvalue weighted by Gasteiger charge is -2.27. The van der Waals surface area contributed by atoms with Gasteiger partial charge in [0, 0.05) is 17.5 Å². The molecule has 0 aromatic rings. The maximum absolute atomic E-state index is 3.87. The zero-order valence-electron chi connectivity index (χ0n) is 10.7. The molecule has 3 unspecified atom stereocenters. The van der Waals surface area contributed by atoms with Crippen molar-refractivity contribution in [2.24, 2.45) is 5.92 Å². The van der Waals surface area contributed by atoms with E-state index in [0.29, 0.717) is 4.71 Å². The molecule has 1 saturated carbocycles. The Bertz CT molecular complexity index is 255. The number of rotatable bonds is 4. The molecule has 0 aromatic carbocycles. The van der Waals surface area contributed by atoms with Crippen LogP contribution in [0.5, 0.6) is 0 Å². The number of thioether (sulfide) groups is 3. The van der Waals surface area contributed by atoms with Gasteiger partial charge in [0.25, 0.3) is 0 Å². The molecule has 2 saturated heterocycles. The second-order valence-electron chi connectivity index (χ2n) is 5.31. The van der Waals surface area contributed by atoms with E-state index in [2.05, 4.69) is 27.9 Å². The van der Waals surface area contributed by atoms with E-state index < -0.39 is 0 Å². The first-order chi connectivity index (χ1) is 8.92. The highest BCUT2D eigenvalue weighted by Gasteiger charge is 2.31. The molecule has 104 valence electrons. The second-order valence-corrected chi connectivity index (χ2v) is 9.02. The standard InChI is InChI=1S/C12H23N3S3/c1-2-4-9(5-3-1)11-14-10(6-16-11)7-17-12-15-13-8-18-12/h9-15H,1-8H2. The van der Waals surface area contributed by atoms with Gasteiger partial charge in [-0.3, -0.25) is 0 Å². The van der Waals surface area contributed by atoms with Gasteiger partial charge in [-0.1, -0.05) is 19.3 Å². The van der Waals surface area contributed by atoms with Crippen molar-refractivity contribution in [2.75, 3.05) is 17.4 Å². The van der Waals surface area contributed by atoms with E-state index in [4.69, 9.17) is 0 Å². The Kier molecular flexibility index (Phi) is 5.47. The molecule has 2 heterocycles. The van der Waals surface area contributed by atoms with Crippen LogP contribution in [0.1, 0.15) is 32.1 Å². The van der Waals surface area contributed by atoms with Crippen LogP contribution in [-0.4, -0.2) is 33.5 Å². The molecule has 3 fully saturated rings. The fraction of sp³-hybridized carbons (Fsp3) is 1.00. The zero-order chi connectivity index (χ0) is 12.2. The molecule has 0 bridgehead atoms. The van der Waals surface area contributed by atoms with E-state index >= 15 is 0 Å². The average Bonchev–Trinajstić information content (AvgIpc) is 3.09. The summed E-state index contributed by atoms with van der Waals surface area (Å²) in [5.41, 5.74) is 6.47. The number of hydrogen-bond acceptors (Lipinski definition) is 6. The largest absolute Gasteiger partial charge is 0.301 e. The SMILES string of the molecule is C1CCC(C2NC(CSC3NNCS3)CS2)CC1. The van der Waals surface area contributed by atoms with Crippen LogP contribution in [0.2, 0.25) is 0 Å². The number of hydrazine groups is 1. The van der Waals surface area contributed by atoms with Crippen molar-refractivity contribution in [3.05, 3.63) is 0 Å². The van der Waals surface area contributed by atoms with Crippen molar-refractivity contribution in [1.29, 1.82) is 0 Å². The van der Waals surface area contributed by atoms with Gasteiger partial charge in [0.15, 0.2) is 0 Å². The van der Waals surface area contributed by atoms with Crippen LogP contribution < -0.4 is 16.2 Å². The van der Waals surface area contributed by atoms with Crippen LogP contribution in [0, 0.1) is 5.92 Å². The summed E-state index contributed by atoms with van der Waals surface area (Å²) < 4.78 is 0.547. The molecule has 1 aliphatic carbocycles. The van der Waals surface area contributed by atoms with Gasteiger partial charge < -0.3 is 5.32 Å². The minimum atomic E-state index is 0.547. The maximum Gasteiger partial charge on any atom is 0.114 e. The summed E-state index contributed by atoms with van der Waals surface area (Å²) in [4.78, 5) is 0. The molecule has 0 aromatic heterocycles. The van der Waals surface area contributed by atoms with Crippen LogP contribution in [-0.2, 0) is 0 Å². The normalized spacial score (nSPS) is 38.3. The van der Waals surface area contributed by atoms with Crippen molar-refractivity contribution in [3.63, 3.8) is 0 Å². The van der Waals surface area contributed by atoms with E-state index in [1.807, 2.05) is 23.5 Å². The predicted octanol–water partition coefficient (Wildman–Crippen LogP) is 2.41. The monoisotopic (exact) mass is 305 g/mol. The predicted molar refractivity (Wildman–Crippen MR) is 84.7 cm³/mol. The molecular formula is C12H23N3S3. The summed E-state index contributed by atoms with van der Waals surface area (Å²) in [6.45, 7) is 0. The summed E-state index contributed by atoms with van der Waals surface area (Å²) >= 11 is 6.18. The molecule has 3 aliphatic rings. The second kappa shape index (κ2) is 7.09. The van der Waals surface area contributed by atoms with Crippen molar-refractivity contribution >= 4 is 35.3 Å². The minimum absolute atomic E-state index is 0.547. The van der Waals surface area contributed by atoms with Crippen LogP contribution in [0.25, 0.3) is 0 Å². The molecule has 3 nitrogen and oxygen atoms in total. The topological polar surface area (TPSA) is 36.1 Å². The third kappa shape index (κ3) is 3.73.